The predicted octanol–water partition coefficient (Wildman–Crippen LogP) is 3.38. The van der Waals surface area contributed by atoms with Gasteiger partial charge in [0.05, 0.1) is 28.2 Å². The van der Waals surface area contributed by atoms with Crippen LogP contribution in [0.4, 0.5) is 0 Å². The van der Waals surface area contributed by atoms with Gasteiger partial charge in [-0.3, -0.25) is 4.79 Å². The van der Waals surface area contributed by atoms with Crippen molar-refractivity contribution >= 4 is 29.9 Å². The fourth-order valence-electron chi connectivity index (χ4n) is 3.09. The van der Waals surface area contributed by atoms with Crippen LogP contribution in [0.25, 0.3) is 5.69 Å². The predicted molar refractivity (Wildman–Crippen MR) is 103 cm³/mol. The molecule has 1 aromatic carbocycles. The molecule has 5 nitrogen and oxygen atoms in total. The van der Waals surface area contributed by atoms with Crippen LogP contribution < -0.4 is 10.6 Å². The fraction of sp³-hybridized carbons (Fsp3) is 0.444. The fourth-order valence-corrected chi connectivity index (χ4v) is 3.31. The molecule has 136 valence electrons. The van der Waals surface area contributed by atoms with Crippen molar-refractivity contribution in [1.29, 1.82) is 0 Å². The van der Waals surface area contributed by atoms with Crippen LogP contribution in [0, 0.1) is 12.3 Å². The molecule has 1 fully saturated rings. The number of benzene rings is 1. The van der Waals surface area contributed by atoms with Gasteiger partial charge in [0.1, 0.15) is 0 Å². The summed E-state index contributed by atoms with van der Waals surface area (Å²) in [6.07, 6.45) is 3.76. The number of piperidine rings is 1. The molecule has 7 heteroatoms. The van der Waals surface area contributed by atoms with Crippen LogP contribution in [-0.2, 0) is 0 Å². The van der Waals surface area contributed by atoms with Gasteiger partial charge in [-0.05, 0) is 50.4 Å². The van der Waals surface area contributed by atoms with E-state index in [9.17, 15) is 4.79 Å². The number of amides is 1. The first-order valence-electron chi connectivity index (χ1n) is 8.29. The molecule has 0 bridgehead atoms. The molecule has 2 aromatic rings. The largest absolute Gasteiger partial charge is 0.351 e. The molecule has 25 heavy (non-hydrogen) atoms. The number of carbonyl (C=O) groups is 1. The number of carbonyl (C=O) groups excluding carboxylic acids is 1. The minimum atomic E-state index is -0.0782. The topological polar surface area (TPSA) is 59.0 Å². The Balaban J connectivity index is 0.00000225. The highest BCUT2D eigenvalue weighted by molar-refractivity contribution is 6.32. The Labute approximate surface area is 159 Å². The Morgan fingerprint density at radius 1 is 1.36 bits per heavy atom. The first kappa shape index (κ1) is 19.8. The summed E-state index contributed by atoms with van der Waals surface area (Å²) in [7, 11) is 0. The Morgan fingerprint density at radius 2 is 2.04 bits per heavy atom. The van der Waals surface area contributed by atoms with Gasteiger partial charge in [-0.2, -0.15) is 5.10 Å². The molecule has 2 heterocycles. The maximum atomic E-state index is 12.6. The number of aromatic nitrogens is 2. The van der Waals surface area contributed by atoms with Crippen molar-refractivity contribution in [3.8, 4) is 5.69 Å². The van der Waals surface area contributed by atoms with Crippen molar-refractivity contribution < 1.29 is 4.79 Å². The zero-order chi connectivity index (χ0) is 17.2. The van der Waals surface area contributed by atoms with Crippen molar-refractivity contribution in [2.75, 3.05) is 19.6 Å². The zero-order valence-corrected chi connectivity index (χ0v) is 16.1. The number of halogens is 2. The highest BCUT2D eigenvalue weighted by Crippen LogP contribution is 2.27. The number of para-hydroxylation sites is 1. The van der Waals surface area contributed by atoms with E-state index in [2.05, 4.69) is 22.7 Å². The molecule has 1 aromatic heterocycles. The lowest BCUT2D eigenvalue weighted by atomic mass is 9.81. The maximum absolute atomic E-state index is 12.6. The molecule has 0 saturated carbocycles. The Hall–Kier alpha value is -1.56. The van der Waals surface area contributed by atoms with Crippen LogP contribution in [0.3, 0.4) is 0 Å². The van der Waals surface area contributed by atoms with E-state index in [1.54, 1.807) is 10.9 Å². The average molecular weight is 383 g/mol. The molecule has 0 atom stereocenters. The standard InChI is InChI=1S/C18H23ClN4O.ClH/c1-13-14(11-22-23(13)16-6-4-3-5-15(16)19)17(24)21-12-18(2)7-9-20-10-8-18;/h3-6,11,20H,7-10,12H2,1-2H3,(H,21,24);1H. The van der Waals surface area contributed by atoms with Gasteiger partial charge in [-0.25, -0.2) is 4.68 Å². The highest BCUT2D eigenvalue weighted by Gasteiger charge is 2.27. The van der Waals surface area contributed by atoms with Gasteiger partial charge in [0.2, 0.25) is 0 Å². The Kier molecular flexibility index (Phi) is 6.49. The normalized spacial score (nSPS) is 16.1. The second-order valence-corrected chi connectivity index (χ2v) is 7.16. The molecule has 1 aliphatic heterocycles. The molecule has 1 aliphatic rings. The molecular formula is C18H24Cl2N4O. The van der Waals surface area contributed by atoms with Crippen LogP contribution in [0.15, 0.2) is 30.5 Å². The van der Waals surface area contributed by atoms with Crippen molar-refractivity contribution in [2.45, 2.75) is 26.7 Å². The van der Waals surface area contributed by atoms with Crippen molar-refractivity contribution in [3.05, 3.63) is 46.7 Å². The third kappa shape index (κ3) is 4.35. The van der Waals surface area contributed by atoms with E-state index < -0.39 is 0 Å². The SMILES string of the molecule is Cc1c(C(=O)NCC2(C)CCNCC2)cnn1-c1ccccc1Cl.Cl. The lowest BCUT2D eigenvalue weighted by Gasteiger charge is -2.34. The monoisotopic (exact) mass is 382 g/mol. The first-order valence-corrected chi connectivity index (χ1v) is 8.66. The van der Waals surface area contributed by atoms with E-state index in [1.807, 2.05) is 31.2 Å². The maximum Gasteiger partial charge on any atom is 0.254 e. The van der Waals surface area contributed by atoms with E-state index in [-0.39, 0.29) is 23.7 Å². The van der Waals surface area contributed by atoms with Crippen LogP contribution in [0.1, 0.15) is 35.8 Å². The van der Waals surface area contributed by atoms with E-state index >= 15 is 0 Å². The van der Waals surface area contributed by atoms with E-state index in [0.29, 0.717) is 17.1 Å². The number of rotatable bonds is 4. The van der Waals surface area contributed by atoms with Gasteiger partial charge in [0, 0.05) is 6.54 Å². The second-order valence-electron chi connectivity index (χ2n) is 6.75. The number of nitrogens with zero attached hydrogens (tertiary/aromatic N) is 2. The molecule has 2 N–H and O–H groups in total. The van der Waals surface area contributed by atoms with Crippen molar-refractivity contribution in [2.24, 2.45) is 5.41 Å². The van der Waals surface area contributed by atoms with E-state index in [1.165, 1.54) is 0 Å². The Bertz CT molecular complexity index is 738. The van der Waals surface area contributed by atoms with Gasteiger partial charge in [0.25, 0.3) is 5.91 Å². The molecule has 0 radical (unpaired) electrons. The summed E-state index contributed by atoms with van der Waals surface area (Å²) < 4.78 is 1.71. The highest BCUT2D eigenvalue weighted by atomic mass is 35.5. The van der Waals surface area contributed by atoms with E-state index in [4.69, 9.17) is 11.6 Å². The quantitative estimate of drug-likeness (QED) is 0.851. The lowest BCUT2D eigenvalue weighted by molar-refractivity contribution is 0.0921. The van der Waals surface area contributed by atoms with E-state index in [0.717, 1.165) is 37.3 Å². The molecule has 1 saturated heterocycles. The zero-order valence-electron chi connectivity index (χ0n) is 14.5. The minimum absolute atomic E-state index is 0. The number of hydrogen-bond acceptors (Lipinski definition) is 3. The van der Waals surface area contributed by atoms with Gasteiger partial charge < -0.3 is 10.6 Å². The summed E-state index contributed by atoms with van der Waals surface area (Å²) in [5.41, 5.74) is 2.32. The smallest absolute Gasteiger partial charge is 0.254 e. The van der Waals surface area contributed by atoms with Gasteiger partial charge in [-0.15, -0.1) is 12.4 Å². The number of nitrogens with one attached hydrogen (secondary N) is 2. The van der Waals surface area contributed by atoms with Gasteiger partial charge >= 0.3 is 0 Å². The van der Waals surface area contributed by atoms with Crippen LogP contribution in [0.2, 0.25) is 5.02 Å². The van der Waals surface area contributed by atoms with Crippen LogP contribution in [0.5, 0.6) is 0 Å². The second kappa shape index (κ2) is 8.21. The molecule has 1 amide bonds. The molecule has 0 unspecified atom stereocenters. The van der Waals surface area contributed by atoms with Gasteiger partial charge in [0.15, 0.2) is 0 Å². The molecular weight excluding hydrogens is 359 g/mol. The van der Waals surface area contributed by atoms with Crippen molar-refractivity contribution in [3.63, 3.8) is 0 Å². The summed E-state index contributed by atoms with van der Waals surface area (Å²) in [6, 6.07) is 7.48. The third-order valence-electron chi connectivity index (χ3n) is 4.82. The summed E-state index contributed by atoms with van der Waals surface area (Å²) in [5, 5.41) is 11.4. The summed E-state index contributed by atoms with van der Waals surface area (Å²) in [6.45, 7) is 6.82. The lowest BCUT2D eigenvalue weighted by Crippen LogP contribution is -2.43. The number of hydrogen-bond donors (Lipinski definition) is 2. The van der Waals surface area contributed by atoms with Crippen LogP contribution >= 0.6 is 24.0 Å². The summed E-state index contributed by atoms with van der Waals surface area (Å²) in [4.78, 5) is 12.6. The van der Waals surface area contributed by atoms with Crippen LogP contribution in [-0.4, -0.2) is 35.3 Å². The minimum Gasteiger partial charge on any atom is -0.351 e. The van der Waals surface area contributed by atoms with Crippen molar-refractivity contribution in [1.82, 2.24) is 20.4 Å². The molecule has 0 spiro atoms. The summed E-state index contributed by atoms with van der Waals surface area (Å²) in [5.74, 6) is -0.0782. The Morgan fingerprint density at radius 3 is 2.72 bits per heavy atom. The molecule has 3 rings (SSSR count). The summed E-state index contributed by atoms with van der Waals surface area (Å²) >= 11 is 6.23. The van der Waals surface area contributed by atoms with Gasteiger partial charge in [-0.1, -0.05) is 30.7 Å². The third-order valence-corrected chi connectivity index (χ3v) is 5.14. The molecule has 0 aliphatic carbocycles. The average Bonchev–Trinajstić information content (AvgIpc) is 2.95. The first-order chi connectivity index (χ1) is 11.5.